The Bertz CT molecular complexity index is 441. The number of amides is 1. The fourth-order valence-corrected chi connectivity index (χ4v) is 3.43. The zero-order chi connectivity index (χ0) is 12.5. The normalized spacial score (nSPS) is 24.3. The Hall–Kier alpha value is -0.940. The van der Waals surface area contributed by atoms with Crippen LogP contribution in [0.5, 0.6) is 0 Å². The molecule has 1 unspecified atom stereocenters. The molecule has 1 aliphatic heterocycles. The van der Waals surface area contributed by atoms with Gasteiger partial charge in [0, 0.05) is 30.4 Å². The lowest BCUT2D eigenvalue weighted by Crippen LogP contribution is -2.47. The summed E-state index contributed by atoms with van der Waals surface area (Å²) < 4.78 is 0. The van der Waals surface area contributed by atoms with Crippen LogP contribution < -0.4 is 5.32 Å². The van der Waals surface area contributed by atoms with Crippen molar-refractivity contribution >= 4 is 17.2 Å². The minimum atomic E-state index is 0.109. The first-order valence-electron chi connectivity index (χ1n) is 6.70. The summed E-state index contributed by atoms with van der Waals surface area (Å²) >= 11 is 1.64. The van der Waals surface area contributed by atoms with Crippen molar-refractivity contribution in [2.45, 2.75) is 37.6 Å². The van der Waals surface area contributed by atoms with Crippen LogP contribution in [0.4, 0.5) is 0 Å². The van der Waals surface area contributed by atoms with Crippen molar-refractivity contribution in [2.75, 3.05) is 20.1 Å². The third kappa shape index (κ3) is 2.42. The molecule has 1 N–H and O–H groups in total. The predicted molar refractivity (Wildman–Crippen MR) is 72.1 cm³/mol. The minimum Gasteiger partial charge on any atom is -0.336 e. The maximum absolute atomic E-state index is 12.4. The first-order valence-corrected chi connectivity index (χ1v) is 7.58. The van der Waals surface area contributed by atoms with E-state index in [1.54, 1.807) is 11.3 Å². The molecular formula is C13H19N3OS. The van der Waals surface area contributed by atoms with Crippen LogP contribution in [0.15, 0.2) is 5.38 Å². The molecular weight excluding hydrogens is 246 g/mol. The standard InChI is InChI=1S/C13H19N3OS/c1-14-10-3-2-6-16(7-10)13(17)11-8-18-12(15-11)9-4-5-9/h8-10,14H,2-7H2,1H3. The number of piperidine rings is 1. The van der Waals surface area contributed by atoms with Gasteiger partial charge in [0.25, 0.3) is 5.91 Å². The van der Waals surface area contributed by atoms with E-state index in [0.29, 0.717) is 17.7 Å². The molecule has 1 saturated carbocycles. The first-order chi connectivity index (χ1) is 8.78. The summed E-state index contributed by atoms with van der Waals surface area (Å²) in [4.78, 5) is 18.8. The number of thiazole rings is 1. The topological polar surface area (TPSA) is 45.2 Å². The fraction of sp³-hybridized carbons (Fsp3) is 0.692. The molecule has 1 aromatic rings. The highest BCUT2D eigenvalue weighted by Crippen LogP contribution is 2.41. The van der Waals surface area contributed by atoms with Crippen LogP contribution in [0.2, 0.25) is 0 Å². The van der Waals surface area contributed by atoms with Crippen LogP contribution in [0.25, 0.3) is 0 Å². The smallest absolute Gasteiger partial charge is 0.273 e. The summed E-state index contributed by atoms with van der Waals surface area (Å²) in [5.74, 6) is 0.751. The van der Waals surface area contributed by atoms with E-state index in [0.717, 1.165) is 30.9 Å². The van der Waals surface area contributed by atoms with E-state index in [-0.39, 0.29) is 5.91 Å². The van der Waals surface area contributed by atoms with Crippen LogP contribution in [0.1, 0.15) is 47.1 Å². The number of hydrogen-bond donors (Lipinski definition) is 1. The number of likely N-dealkylation sites (N-methyl/N-ethyl adjacent to an activating group) is 1. The molecule has 1 amide bonds. The Morgan fingerprint density at radius 3 is 3.06 bits per heavy atom. The quantitative estimate of drug-likeness (QED) is 0.907. The summed E-state index contributed by atoms with van der Waals surface area (Å²) in [5.41, 5.74) is 0.652. The van der Waals surface area contributed by atoms with Crippen molar-refractivity contribution in [3.8, 4) is 0 Å². The lowest BCUT2D eigenvalue weighted by atomic mass is 10.1. The van der Waals surface area contributed by atoms with Gasteiger partial charge in [-0.05, 0) is 32.7 Å². The van der Waals surface area contributed by atoms with Gasteiger partial charge >= 0.3 is 0 Å². The molecule has 1 saturated heterocycles. The van der Waals surface area contributed by atoms with Gasteiger partial charge in [-0.25, -0.2) is 4.98 Å². The second-order valence-electron chi connectivity index (χ2n) is 5.22. The summed E-state index contributed by atoms with van der Waals surface area (Å²) in [6.07, 6.45) is 4.72. The fourth-order valence-electron chi connectivity index (χ4n) is 2.46. The lowest BCUT2D eigenvalue weighted by Gasteiger charge is -2.32. The molecule has 1 aromatic heterocycles. The summed E-state index contributed by atoms with van der Waals surface area (Å²) in [5, 5.41) is 6.34. The van der Waals surface area contributed by atoms with Gasteiger partial charge in [0.15, 0.2) is 0 Å². The zero-order valence-corrected chi connectivity index (χ0v) is 11.5. The molecule has 5 heteroatoms. The minimum absolute atomic E-state index is 0.109. The van der Waals surface area contributed by atoms with E-state index in [9.17, 15) is 4.79 Å². The average molecular weight is 265 g/mol. The van der Waals surface area contributed by atoms with Crippen LogP contribution >= 0.6 is 11.3 Å². The van der Waals surface area contributed by atoms with E-state index in [4.69, 9.17) is 0 Å². The Kier molecular flexibility index (Phi) is 3.35. The van der Waals surface area contributed by atoms with Crippen molar-refractivity contribution in [2.24, 2.45) is 0 Å². The molecule has 0 radical (unpaired) electrons. The van der Waals surface area contributed by atoms with Crippen LogP contribution in [-0.2, 0) is 0 Å². The summed E-state index contributed by atoms with van der Waals surface area (Å²) in [6, 6.07) is 0.434. The van der Waals surface area contributed by atoms with E-state index in [2.05, 4.69) is 10.3 Å². The number of aromatic nitrogens is 1. The van der Waals surface area contributed by atoms with Gasteiger partial charge in [0.1, 0.15) is 5.69 Å². The Labute approximate surface area is 111 Å². The van der Waals surface area contributed by atoms with E-state index in [1.165, 1.54) is 12.8 Å². The summed E-state index contributed by atoms with van der Waals surface area (Å²) in [7, 11) is 1.96. The monoisotopic (exact) mass is 265 g/mol. The maximum Gasteiger partial charge on any atom is 0.273 e. The molecule has 0 aromatic carbocycles. The molecule has 1 atom stereocenters. The van der Waals surface area contributed by atoms with Crippen LogP contribution in [0, 0.1) is 0 Å². The number of hydrogen-bond acceptors (Lipinski definition) is 4. The predicted octanol–water partition coefficient (Wildman–Crippen LogP) is 1.84. The highest BCUT2D eigenvalue weighted by molar-refractivity contribution is 7.10. The van der Waals surface area contributed by atoms with Gasteiger partial charge < -0.3 is 10.2 Å². The van der Waals surface area contributed by atoms with Gasteiger partial charge in [-0.15, -0.1) is 11.3 Å². The second kappa shape index (κ2) is 4.97. The number of nitrogens with one attached hydrogen (secondary N) is 1. The number of likely N-dealkylation sites (tertiary alicyclic amines) is 1. The lowest BCUT2D eigenvalue weighted by molar-refractivity contribution is 0.0693. The van der Waals surface area contributed by atoms with Gasteiger partial charge in [-0.3, -0.25) is 4.79 Å². The van der Waals surface area contributed by atoms with E-state index < -0.39 is 0 Å². The number of nitrogens with zero attached hydrogens (tertiary/aromatic N) is 2. The Morgan fingerprint density at radius 1 is 1.50 bits per heavy atom. The van der Waals surface area contributed by atoms with Gasteiger partial charge in [-0.1, -0.05) is 0 Å². The van der Waals surface area contributed by atoms with Crippen molar-refractivity contribution in [3.05, 3.63) is 16.1 Å². The first kappa shape index (κ1) is 12.1. The molecule has 1 aliphatic carbocycles. The molecule has 3 rings (SSSR count). The second-order valence-corrected chi connectivity index (χ2v) is 6.11. The molecule has 4 nitrogen and oxygen atoms in total. The molecule has 2 heterocycles. The Balaban J connectivity index is 1.68. The molecule has 2 fully saturated rings. The molecule has 0 bridgehead atoms. The number of rotatable bonds is 3. The third-order valence-electron chi connectivity index (χ3n) is 3.78. The van der Waals surface area contributed by atoms with Crippen molar-refractivity contribution in [3.63, 3.8) is 0 Å². The molecule has 18 heavy (non-hydrogen) atoms. The van der Waals surface area contributed by atoms with Crippen molar-refractivity contribution in [1.82, 2.24) is 15.2 Å². The van der Waals surface area contributed by atoms with Gasteiger partial charge in [0.05, 0.1) is 5.01 Å². The number of carbonyl (C=O) groups excluding carboxylic acids is 1. The van der Waals surface area contributed by atoms with Gasteiger partial charge in [0.2, 0.25) is 0 Å². The maximum atomic E-state index is 12.4. The zero-order valence-electron chi connectivity index (χ0n) is 10.7. The molecule has 2 aliphatic rings. The molecule has 98 valence electrons. The SMILES string of the molecule is CNC1CCCN(C(=O)c2csc(C3CC3)n2)C1. The van der Waals surface area contributed by atoms with E-state index in [1.807, 2.05) is 17.3 Å². The van der Waals surface area contributed by atoms with E-state index >= 15 is 0 Å². The van der Waals surface area contributed by atoms with Gasteiger partial charge in [-0.2, -0.15) is 0 Å². The van der Waals surface area contributed by atoms with Crippen LogP contribution in [0.3, 0.4) is 0 Å². The third-order valence-corrected chi connectivity index (χ3v) is 4.79. The number of carbonyl (C=O) groups is 1. The highest BCUT2D eigenvalue weighted by atomic mass is 32.1. The molecule has 0 spiro atoms. The highest BCUT2D eigenvalue weighted by Gasteiger charge is 2.29. The van der Waals surface area contributed by atoms with Crippen molar-refractivity contribution in [1.29, 1.82) is 0 Å². The Morgan fingerprint density at radius 2 is 2.33 bits per heavy atom. The van der Waals surface area contributed by atoms with Crippen LogP contribution in [-0.4, -0.2) is 42.0 Å². The average Bonchev–Trinajstić information content (AvgIpc) is 3.16. The largest absolute Gasteiger partial charge is 0.336 e. The van der Waals surface area contributed by atoms with Crippen molar-refractivity contribution < 1.29 is 4.79 Å². The summed E-state index contributed by atoms with van der Waals surface area (Å²) in [6.45, 7) is 1.68.